The van der Waals surface area contributed by atoms with Gasteiger partial charge in [0.2, 0.25) is 0 Å². The predicted octanol–water partition coefficient (Wildman–Crippen LogP) is 2.58. The number of aliphatic hydroxyl groups excluding tert-OH is 1. The molecule has 3 atom stereocenters. The van der Waals surface area contributed by atoms with Gasteiger partial charge in [-0.1, -0.05) is 48.5 Å². The Morgan fingerprint density at radius 1 is 1.06 bits per heavy atom. The third-order valence-corrected chi connectivity index (χ3v) is 5.55. The lowest BCUT2D eigenvalue weighted by Gasteiger charge is -2.19. The highest BCUT2D eigenvalue weighted by Crippen LogP contribution is 2.31. The molecule has 1 N–H and O–H groups in total. The van der Waals surface area contributed by atoms with E-state index in [1.807, 2.05) is 30.3 Å². The zero-order chi connectivity index (χ0) is 25.2. The first kappa shape index (κ1) is 24.6. The molecule has 1 aromatic heterocycles. The predicted molar refractivity (Wildman–Crippen MR) is 117 cm³/mol. The molecule has 0 amide bonds. The van der Waals surface area contributed by atoms with Gasteiger partial charge < -0.3 is 14.6 Å². The van der Waals surface area contributed by atoms with Crippen LogP contribution in [-0.2, 0) is 22.3 Å². The maximum atomic E-state index is 13.6. The van der Waals surface area contributed by atoms with Crippen LogP contribution < -0.4 is 11.2 Å². The van der Waals surface area contributed by atoms with E-state index < -0.39 is 47.3 Å². The Labute approximate surface area is 196 Å². The van der Waals surface area contributed by atoms with E-state index in [1.54, 1.807) is 6.07 Å². The quantitative estimate of drug-likeness (QED) is 0.570. The van der Waals surface area contributed by atoms with Crippen molar-refractivity contribution in [2.24, 2.45) is 0 Å². The number of hydrogen-bond donors (Lipinski definition) is 1. The van der Waals surface area contributed by atoms with Crippen LogP contribution in [0, 0.1) is 0 Å². The molecule has 3 aromatic rings. The van der Waals surface area contributed by atoms with Crippen molar-refractivity contribution in [3.8, 4) is 0 Å². The van der Waals surface area contributed by atoms with E-state index in [0.717, 1.165) is 5.56 Å². The first-order valence-electron chi connectivity index (χ1n) is 10.7. The number of carbonyl (C=O) groups is 1. The second kappa shape index (κ2) is 9.98. The van der Waals surface area contributed by atoms with Crippen LogP contribution in [0.2, 0.25) is 0 Å². The van der Waals surface area contributed by atoms with Gasteiger partial charge in [0.1, 0.15) is 17.9 Å². The molecular weight excluding hydrogens is 469 g/mol. The third kappa shape index (κ3) is 5.26. The number of hydrogen-bond acceptors (Lipinski definition) is 6. The van der Waals surface area contributed by atoms with Crippen molar-refractivity contribution >= 4 is 5.91 Å². The Kier molecular flexibility index (Phi) is 7.01. The fraction of sp³-hybridized carbons (Fsp3) is 0.292. The molecule has 1 fully saturated rings. The fourth-order valence-electron chi connectivity index (χ4n) is 3.77. The lowest BCUT2D eigenvalue weighted by atomic mass is 10.2. The summed E-state index contributed by atoms with van der Waals surface area (Å²) in [5.41, 5.74) is -4.07. The smallest absolute Gasteiger partial charge is 0.390 e. The molecule has 11 heteroatoms. The van der Waals surface area contributed by atoms with Crippen molar-refractivity contribution in [3.63, 3.8) is 0 Å². The number of alkyl halides is 3. The van der Waals surface area contributed by atoms with E-state index in [1.165, 1.54) is 24.3 Å². The molecule has 0 aliphatic carbocycles. The Morgan fingerprint density at radius 3 is 2.31 bits per heavy atom. The highest BCUT2D eigenvalue weighted by Gasteiger charge is 2.41. The van der Waals surface area contributed by atoms with Crippen molar-refractivity contribution in [3.05, 3.63) is 104 Å². The van der Waals surface area contributed by atoms with Gasteiger partial charge in [-0.15, -0.1) is 0 Å². The Balaban J connectivity index is 1.63. The average Bonchev–Trinajstić information content (AvgIpc) is 3.19. The van der Waals surface area contributed by atoms with Crippen LogP contribution >= 0.6 is 0 Å². The van der Waals surface area contributed by atoms with Gasteiger partial charge >= 0.3 is 11.9 Å². The molecule has 0 saturated carbocycles. The van der Waals surface area contributed by atoms with Gasteiger partial charge in [-0.25, -0.2) is 4.79 Å². The van der Waals surface area contributed by atoms with E-state index in [0.29, 0.717) is 10.8 Å². The number of halogens is 3. The summed E-state index contributed by atoms with van der Waals surface area (Å²) in [4.78, 5) is 38.4. The van der Waals surface area contributed by atoms with E-state index >= 15 is 0 Å². The monoisotopic (exact) mass is 490 g/mol. The second-order valence-corrected chi connectivity index (χ2v) is 7.98. The molecule has 184 valence electrons. The maximum Gasteiger partial charge on any atom is 0.423 e. The van der Waals surface area contributed by atoms with E-state index in [4.69, 9.17) is 9.47 Å². The van der Waals surface area contributed by atoms with Gasteiger partial charge in [0.05, 0.1) is 19.3 Å². The molecular formula is C24H21F3N2O6. The van der Waals surface area contributed by atoms with Gasteiger partial charge in [-0.2, -0.15) is 17.7 Å². The minimum Gasteiger partial charge on any atom is -0.390 e. The van der Waals surface area contributed by atoms with Crippen LogP contribution in [0.3, 0.4) is 0 Å². The lowest BCUT2D eigenvalue weighted by molar-refractivity contribution is -0.140. The summed E-state index contributed by atoms with van der Waals surface area (Å²) in [5.74, 6) is -1.21. The zero-order valence-corrected chi connectivity index (χ0v) is 18.2. The number of ether oxygens (including phenoxy) is 2. The largest absolute Gasteiger partial charge is 0.423 e. The third-order valence-electron chi connectivity index (χ3n) is 5.55. The molecule has 1 aliphatic heterocycles. The van der Waals surface area contributed by atoms with Crippen molar-refractivity contribution < 1.29 is 32.5 Å². The summed E-state index contributed by atoms with van der Waals surface area (Å²) in [6, 6.07) is 16.2. The SMILES string of the molecule is O=C(c1ccccc1)n1c(=O)c(C(F)(F)F)cn([C@H]2C[C@H](O)[C@@H](COCc3ccccc3)O2)c1=O. The van der Waals surface area contributed by atoms with Gasteiger partial charge in [-0.05, 0) is 17.7 Å². The van der Waals surface area contributed by atoms with Crippen LogP contribution in [0.1, 0.15) is 34.1 Å². The fourth-order valence-corrected chi connectivity index (χ4v) is 3.77. The molecule has 0 radical (unpaired) electrons. The summed E-state index contributed by atoms with van der Waals surface area (Å²) in [6.07, 6.45) is -8.49. The molecule has 8 nitrogen and oxygen atoms in total. The molecule has 0 spiro atoms. The zero-order valence-electron chi connectivity index (χ0n) is 18.2. The highest BCUT2D eigenvalue weighted by atomic mass is 19.4. The summed E-state index contributed by atoms with van der Waals surface area (Å²) < 4.78 is 52.5. The number of aromatic nitrogens is 2. The van der Waals surface area contributed by atoms with Gasteiger partial charge in [-0.3, -0.25) is 14.2 Å². The van der Waals surface area contributed by atoms with Gasteiger partial charge in [0.25, 0.3) is 11.5 Å². The summed E-state index contributed by atoms with van der Waals surface area (Å²) in [5, 5.41) is 10.4. The van der Waals surface area contributed by atoms with Crippen LogP contribution in [0.15, 0.2) is 76.4 Å². The van der Waals surface area contributed by atoms with Crippen molar-refractivity contribution in [2.75, 3.05) is 6.61 Å². The van der Waals surface area contributed by atoms with Crippen LogP contribution in [0.4, 0.5) is 13.2 Å². The molecule has 1 aliphatic rings. The van der Waals surface area contributed by atoms with Gasteiger partial charge in [0.15, 0.2) is 0 Å². The minimum absolute atomic E-state index is 0.0624. The molecule has 0 bridgehead atoms. The number of nitrogens with zero attached hydrogens (tertiary/aromatic N) is 2. The van der Waals surface area contributed by atoms with E-state index in [-0.39, 0.29) is 29.8 Å². The van der Waals surface area contributed by atoms with Crippen molar-refractivity contribution in [1.82, 2.24) is 9.13 Å². The maximum absolute atomic E-state index is 13.6. The molecule has 35 heavy (non-hydrogen) atoms. The average molecular weight is 490 g/mol. The Hall–Kier alpha value is -3.54. The van der Waals surface area contributed by atoms with E-state index in [9.17, 15) is 32.7 Å². The first-order chi connectivity index (χ1) is 16.7. The topological polar surface area (TPSA) is 99.8 Å². The van der Waals surface area contributed by atoms with Crippen molar-refractivity contribution in [2.45, 2.75) is 37.6 Å². The Morgan fingerprint density at radius 2 is 1.69 bits per heavy atom. The molecule has 4 rings (SSSR count). The number of carbonyl (C=O) groups excluding carboxylic acids is 1. The minimum atomic E-state index is -5.14. The van der Waals surface area contributed by atoms with Crippen LogP contribution in [-0.4, -0.2) is 39.0 Å². The highest BCUT2D eigenvalue weighted by molar-refractivity contribution is 5.95. The summed E-state index contributed by atoms with van der Waals surface area (Å²) in [7, 11) is 0. The second-order valence-electron chi connectivity index (χ2n) is 7.98. The standard InChI is InChI=1S/C24H21F3N2O6/c25-24(26,27)17-12-28(23(33)29(22(17)32)21(31)16-9-5-2-6-10-16)20-11-18(30)19(35-20)14-34-13-15-7-3-1-4-8-15/h1-10,12,18-20,30H,11,13-14H2/t18-,19+,20+/m0/s1. The number of aliphatic hydroxyl groups is 1. The molecule has 0 unspecified atom stereocenters. The number of rotatable bonds is 6. The normalized spacial score (nSPS) is 20.2. The van der Waals surface area contributed by atoms with E-state index in [2.05, 4.69) is 0 Å². The number of benzene rings is 2. The molecule has 2 heterocycles. The van der Waals surface area contributed by atoms with Crippen LogP contribution in [0.5, 0.6) is 0 Å². The Bertz CT molecular complexity index is 1300. The lowest BCUT2D eigenvalue weighted by Crippen LogP contribution is -2.47. The molecule has 2 aromatic carbocycles. The van der Waals surface area contributed by atoms with Crippen LogP contribution in [0.25, 0.3) is 0 Å². The molecule has 1 saturated heterocycles. The first-order valence-corrected chi connectivity index (χ1v) is 10.7. The van der Waals surface area contributed by atoms with Gasteiger partial charge in [0, 0.05) is 18.2 Å². The summed E-state index contributed by atoms with van der Waals surface area (Å²) in [6.45, 7) is 0.128. The summed E-state index contributed by atoms with van der Waals surface area (Å²) >= 11 is 0. The van der Waals surface area contributed by atoms with Crippen molar-refractivity contribution in [1.29, 1.82) is 0 Å².